The summed E-state index contributed by atoms with van der Waals surface area (Å²) in [6, 6.07) is -0.214. The molecule has 0 aromatic carbocycles. The highest BCUT2D eigenvalue weighted by molar-refractivity contribution is 5.87. The van der Waals surface area contributed by atoms with E-state index in [-0.39, 0.29) is 11.9 Å². The third kappa shape index (κ3) is 2.36. The Morgan fingerprint density at radius 2 is 2.54 bits per heavy atom. The number of nitrogens with one attached hydrogen (secondary N) is 1. The quantitative estimate of drug-likeness (QED) is 0.266. The fourth-order valence-electron chi connectivity index (χ4n) is 0.906. The topological polar surface area (TPSA) is 88.5 Å². The normalized spacial score (nSPS) is 14.2. The third-order valence-corrected chi connectivity index (χ3v) is 1.65. The summed E-state index contributed by atoms with van der Waals surface area (Å²) in [5.41, 5.74) is 6.22. The molecule has 0 amide bonds. The summed E-state index contributed by atoms with van der Waals surface area (Å²) in [6.07, 6.45) is 3.47. The van der Waals surface area contributed by atoms with Gasteiger partial charge < -0.3 is 16.3 Å². The lowest BCUT2D eigenvalue weighted by Gasteiger charge is -2.10. The van der Waals surface area contributed by atoms with Crippen molar-refractivity contribution in [1.82, 2.24) is 9.78 Å². The van der Waals surface area contributed by atoms with Crippen molar-refractivity contribution in [2.75, 3.05) is 5.32 Å². The Bertz CT molecular complexity index is 306. The second kappa shape index (κ2) is 3.79. The van der Waals surface area contributed by atoms with Crippen LogP contribution in [-0.2, 0) is 7.05 Å². The maximum Gasteiger partial charge on any atom is 0.161 e. The van der Waals surface area contributed by atoms with Crippen molar-refractivity contribution in [2.24, 2.45) is 17.9 Å². The van der Waals surface area contributed by atoms with Crippen molar-refractivity contribution >= 4 is 11.5 Å². The zero-order valence-electron chi connectivity index (χ0n) is 7.60. The lowest BCUT2D eigenvalue weighted by atomic mass is 10.3. The maximum atomic E-state index is 8.39. The molecule has 0 spiro atoms. The Hall–Kier alpha value is -1.72. The number of hydrogen-bond donors (Lipinski definition) is 3. The van der Waals surface area contributed by atoms with E-state index in [1.165, 1.54) is 0 Å². The van der Waals surface area contributed by atoms with Crippen LogP contribution in [0.2, 0.25) is 0 Å². The Balaban J connectivity index is 2.59. The van der Waals surface area contributed by atoms with E-state index in [1.807, 2.05) is 7.05 Å². The van der Waals surface area contributed by atoms with Crippen molar-refractivity contribution in [3.63, 3.8) is 0 Å². The van der Waals surface area contributed by atoms with Gasteiger partial charge >= 0.3 is 0 Å². The molecular weight excluding hydrogens is 170 g/mol. The van der Waals surface area contributed by atoms with E-state index in [4.69, 9.17) is 10.9 Å². The lowest BCUT2D eigenvalue weighted by Crippen LogP contribution is -2.32. The number of nitrogens with zero attached hydrogens (tertiary/aromatic N) is 3. The molecule has 1 rings (SSSR count). The minimum Gasteiger partial charge on any atom is -0.409 e. The van der Waals surface area contributed by atoms with Crippen molar-refractivity contribution in [2.45, 2.75) is 13.0 Å². The van der Waals surface area contributed by atoms with Crippen molar-refractivity contribution in [1.29, 1.82) is 0 Å². The largest absolute Gasteiger partial charge is 0.409 e. The highest BCUT2D eigenvalue weighted by Gasteiger charge is 2.07. The monoisotopic (exact) mass is 183 g/mol. The van der Waals surface area contributed by atoms with Crippen LogP contribution in [0.4, 0.5) is 5.69 Å². The average molecular weight is 183 g/mol. The Morgan fingerprint density at radius 1 is 1.85 bits per heavy atom. The second-order valence-corrected chi connectivity index (χ2v) is 2.79. The number of aryl methyl sites for hydroxylation is 1. The van der Waals surface area contributed by atoms with Crippen molar-refractivity contribution < 1.29 is 5.21 Å². The Labute approximate surface area is 76.0 Å². The van der Waals surface area contributed by atoms with Gasteiger partial charge in [0.1, 0.15) is 0 Å². The van der Waals surface area contributed by atoms with Crippen LogP contribution in [0.15, 0.2) is 17.5 Å². The minimum absolute atomic E-state index is 0.142. The molecule has 72 valence electrons. The molecular formula is C7H13N5O. The maximum absolute atomic E-state index is 8.39. The van der Waals surface area contributed by atoms with Gasteiger partial charge in [-0.05, 0) is 6.92 Å². The van der Waals surface area contributed by atoms with Crippen molar-refractivity contribution in [3.8, 4) is 0 Å². The Kier molecular flexibility index (Phi) is 2.73. The summed E-state index contributed by atoms with van der Waals surface area (Å²) in [5.74, 6) is 0.142. The fourth-order valence-corrected chi connectivity index (χ4v) is 0.906. The second-order valence-electron chi connectivity index (χ2n) is 2.79. The standard InChI is InChI=1S/C7H13N5O/c1-5(7(8)11-13)10-6-3-9-12(2)4-6/h3-5,10,13H,1-2H3,(H2,8,11). The van der Waals surface area contributed by atoms with E-state index in [1.54, 1.807) is 24.0 Å². The molecule has 0 aliphatic heterocycles. The summed E-state index contributed by atoms with van der Waals surface area (Å²) in [7, 11) is 1.82. The number of hydrogen-bond acceptors (Lipinski definition) is 4. The smallest absolute Gasteiger partial charge is 0.161 e. The first kappa shape index (κ1) is 9.37. The van der Waals surface area contributed by atoms with Crippen LogP contribution in [0.1, 0.15) is 6.92 Å². The van der Waals surface area contributed by atoms with Crippen LogP contribution < -0.4 is 11.1 Å². The summed E-state index contributed by atoms with van der Waals surface area (Å²) < 4.78 is 1.67. The van der Waals surface area contributed by atoms with Crippen LogP contribution in [0.3, 0.4) is 0 Å². The molecule has 1 heterocycles. The summed E-state index contributed by atoms with van der Waals surface area (Å²) >= 11 is 0. The molecule has 1 unspecified atom stereocenters. The third-order valence-electron chi connectivity index (χ3n) is 1.65. The highest BCUT2D eigenvalue weighted by Crippen LogP contribution is 2.05. The van der Waals surface area contributed by atoms with Gasteiger partial charge in [-0.2, -0.15) is 5.10 Å². The predicted octanol–water partition coefficient (Wildman–Crippen LogP) is -0.0331. The molecule has 0 saturated carbocycles. The van der Waals surface area contributed by atoms with Gasteiger partial charge in [0.2, 0.25) is 0 Å². The summed E-state index contributed by atoms with van der Waals surface area (Å²) in [5, 5.41) is 18.3. The van der Waals surface area contributed by atoms with Crippen LogP contribution in [0.25, 0.3) is 0 Å². The van der Waals surface area contributed by atoms with Crippen LogP contribution in [0.5, 0.6) is 0 Å². The molecule has 1 atom stereocenters. The predicted molar refractivity (Wildman–Crippen MR) is 49.7 cm³/mol. The molecule has 0 bridgehead atoms. The Morgan fingerprint density at radius 3 is 3.00 bits per heavy atom. The van der Waals surface area contributed by atoms with Crippen LogP contribution >= 0.6 is 0 Å². The minimum atomic E-state index is -0.214. The molecule has 13 heavy (non-hydrogen) atoms. The van der Waals surface area contributed by atoms with E-state index in [0.29, 0.717) is 0 Å². The summed E-state index contributed by atoms with van der Waals surface area (Å²) in [4.78, 5) is 0. The van der Waals surface area contributed by atoms with Gasteiger partial charge in [-0.3, -0.25) is 4.68 Å². The van der Waals surface area contributed by atoms with Gasteiger partial charge in [0.05, 0.1) is 17.9 Å². The van der Waals surface area contributed by atoms with E-state index in [2.05, 4.69) is 15.6 Å². The lowest BCUT2D eigenvalue weighted by molar-refractivity contribution is 0.316. The number of rotatable bonds is 3. The molecule has 1 aromatic heterocycles. The average Bonchev–Trinajstić information content (AvgIpc) is 2.49. The molecule has 1 aromatic rings. The van der Waals surface area contributed by atoms with Gasteiger partial charge in [-0.15, -0.1) is 0 Å². The first-order valence-corrected chi connectivity index (χ1v) is 3.86. The number of oxime groups is 1. The van der Waals surface area contributed by atoms with E-state index in [9.17, 15) is 0 Å². The zero-order chi connectivity index (χ0) is 9.84. The molecule has 0 aliphatic carbocycles. The molecule has 0 fully saturated rings. The molecule has 0 radical (unpaired) electrons. The van der Waals surface area contributed by atoms with E-state index in [0.717, 1.165) is 5.69 Å². The van der Waals surface area contributed by atoms with Gasteiger partial charge in [-0.25, -0.2) is 0 Å². The number of nitrogens with two attached hydrogens (primary N) is 1. The first-order chi connectivity index (χ1) is 6.13. The number of anilines is 1. The molecule has 0 saturated heterocycles. The van der Waals surface area contributed by atoms with E-state index >= 15 is 0 Å². The van der Waals surface area contributed by atoms with Gasteiger partial charge in [0.15, 0.2) is 5.84 Å². The molecule has 6 heteroatoms. The molecule has 6 nitrogen and oxygen atoms in total. The summed E-state index contributed by atoms with van der Waals surface area (Å²) in [6.45, 7) is 1.79. The van der Waals surface area contributed by atoms with E-state index < -0.39 is 0 Å². The number of aromatic nitrogens is 2. The highest BCUT2D eigenvalue weighted by atomic mass is 16.4. The van der Waals surface area contributed by atoms with Gasteiger partial charge in [-0.1, -0.05) is 5.16 Å². The van der Waals surface area contributed by atoms with Gasteiger partial charge in [0.25, 0.3) is 0 Å². The van der Waals surface area contributed by atoms with Crippen LogP contribution in [-0.4, -0.2) is 26.9 Å². The van der Waals surface area contributed by atoms with Gasteiger partial charge in [0, 0.05) is 13.2 Å². The fraction of sp³-hybridized carbons (Fsp3) is 0.429. The molecule has 4 N–H and O–H groups in total. The van der Waals surface area contributed by atoms with Crippen LogP contribution in [0, 0.1) is 0 Å². The molecule has 0 aliphatic rings. The van der Waals surface area contributed by atoms with Crippen molar-refractivity contribution in [3.05, 3.63) is 12.4 Å². The first-order valence-electron chi connectivity index (χ1n) is 3.86. The zero-order valence-corrected chi connectivity index (χ0v) is 7.60. The SMILES string of the molecule is CC(Nc1cnn(C)c1)C(N)=NO. The number of amidine groups is 1.